The number of halogens is 1. The number of hydroxylamine groups is 1. The number of carboxylic acids is 1. The summed E-state index contributed by atoms with van der Waals surface area (Å²) in [5.41, 5.74) is 5.09. The lowest BCUT2D eigenvalue weighted by Crippen LogP contribution is -2.31. The fourth-order valence-corrected chi connectivity index (χ4v) is 1.16. The highest BCUT2D eigenvalue weighted by Crippen LogP contribution is 2.35. The molecule has 1 aliphatic heterocycles. The molecule has 0 amide bonds. The second-order valence-electron chi connectivity index (χ2n) is 3.26. The Morgan fingerprint density at radius 1 is 1.53 bits per heavy atom. The highest BCUT2D eigenvalue weighted by Gasteiger charge is 2.15. The van der Waals surface area contributed by atoms with Gasteiger partial charge in [-0.05, 0) is 12.1 Å². The first-order valence-electron chi connectivity index (χ1n) is 4.97. The first kappa shape index (κ1) is 14.7. The summed E-state index contributed by atoms with van der Waals surface area (Å²) in [4.78, 5) is 14.0. The molecule has 1 aromatic carbocycles. The minimum atomic E-state index is -0.833. The van der Waals surface area contributed by atoms with Gasteiger partial charge in [0, 0.05) is 13.0 Å². The van der Waals surface area contributed by atoms with Crippen LogP contribution in [0.3, 0.4) is 0 Å². The number of carboxylic acid groups (broad SMARTS) is 1. The van der Waals surface area contributed by atoms with Crippen LogP contribution in [0.15, 0.2) is 18.2 Å². The molecule has 4 N–H and O–H groups in total. The molecule has 0 atom stereocenters. The molecule has 0 saturated carbocycles. The van der Waals surface area contributed by atoms with Crippen molar-refractivity contribution in [2.45, 2.75) is 6.92 Å². The van der Waals surface area contributed by atoms with Gasteiger partial charge in [-0.25, -0.2) is 0 Å². The molecule has 0 radical (unpaired) electrons. The van der Waals surface area contributed by atoms with Crippen LogP contribution in [-0.2, 0) is 4.79 Å². The summed E-state index contributed by atoms with van der Waals surface area (Å²) in [6.45, 7) is 1.27. The smallest absolute Gasteiger partial charge is 0.300 e. The van der Waals surface area contributed by atoms with Crippen LogP contribution in [0.1, 0.15) is 6.92 Å². The molecule has 0 saturated heterocycles. The van der Waals surface area contributed by atoms with Crippen LogP contribution in [0.4, 0.5) is 0 Å². The zero-order valence-electron chi connectivity index (χ0n) is 9.92. The van der Waals surface area contributed by atoms with Crippen molar-refractivity contribution in [2.24, 2.45) is 5.73 Å². The van der Waals surface area contributed by atoms with E-state index in [2.05, 4.69) is 0 Å². The number of benzene rings is 1. The number of ether oxygens (including phenoxy) is 2. The summed E-state index contributed by atoms with van der Waals surface area (Å²) in [6, 6.07) is 4.91. The number of guanidine groups is 1. The number of hydrogen-bond donors (Lipinski definition) is 3. The molecule has 1 aliphatic rings. The molecule has 0 bridgehead atoms. The summed E-state index contributed by atoms with van der Waals surface area (Å²) in [5.74, 6) is 0.381. The van der Waals surface area contributed by atoms with Crippen molar-refractivity contribution in [1.82, 2.24) is 4.58 Å². The number of hydrogen-bond acceptors (Lipinski definition) is 5. The number of nitrogens with two attached hydrogens (primary N) is 1. The maximum atomic E-state index is 9.00. The SMILES string of the molecule is CC(=O)O.N=C(N)N(Cl)Oc1ccc2c(c1)OCO2. The largest absolute Gasteiger partial charge is 0.481 e. The van der Waals surface area contributed by atoms with Gasteiger partial charge in [-0.15, -0.1) is 0 Å². The van der Waals surface area contributed by atoms with Crippen molar-refractivity contribution in [3.8, 4) is 17.2 Å². The molecule has 8 nitrogen and oxygen atoms in total. The lowest BCUT2D eigenvalue weighted by Gasteiger charge is -2.13. The van der Waals surface area contributed by atoms with Crippen molar-refractivity contribution in [3.63, 3.8) is 0 Å². The minimum absolute atomic E-state index is 0.191. The number of rotatable bonds is 2. The summed E-state index contributed by atoms with van der Waals surface area (Å²) in [6.07, 6.45) is 0. The van der Waals surface area contributed by atoms with Gasteiger partial charge in [0.15, 0.2) is 17.2 Å². The van der Waals surface area contributed by atoms with Crippen LogP contribution < -0.4 is 20.0 Å². The highest BCUT2D eigenvalue weighted by atomic mass is 35.5. The molecular weight excluding hydrogens is 278 g/mol. The molecule has 0 fully saturated rings. The van der Waals surface area contributed by atoms with Gasteiger partial charge >= 0.3 is 0 Å². The van der Waals surface area contributed by atoms with Crippen LogP contribution in [0.25, 0.3) is 0 Å². The fraction of sp³-hybridized carbons (Fsp3) is 0.200. The molecule has 1 aromatic rings. The Hall–Kier alpha value is -2.35. The number of nitrogens with zero attached hydrogens (tertiary/aromatic N) is 1. The molecule has 0 unspecified atom stereocenters. The lowest BCUT2D eigenvalue weighted by atomic mass is 10.3. The maximum Gasteiger partial charge on any atom is 0.300 e. The normalized spacial score (nSPS) is 11.1. The Morgan fingerprint density at radius 2 is 2.11 bits per heavy atom. The lowest BCUT2D eigenvalue weighted by molar-refractivity contribution is -0.134. The third-order valence-corrected chi connectivity index (χ3v) is 1.97. The van der Waals surface area contributed by atoms with Crippen molar-refractivity contribution in [1.29, 1.82) is 5.41 Å². The van der Waals surface area contributed by atoms with Gasteiger partial charge in [-0.2, -0.15) is 0 Å². The molecule has 0 aromatic heterocycles. The molecule has 0 spiro atoms. The van der Waals surface area contributed by atoms with E-state index in [1.54, 1.807) is 18.2 Å². The van der Waals surface area contributed by atoms with Crippen molar-refractivity contribution < 1.29 is 24.2 Å². The van der Waals surface area contributed by atoms with Crippen molar-refractivity contribution >= 4 is 23.7 Å². The Morgan fingerprint density at radius 3 is 2.68 bits per heavy atom. The molecule has 104 valence electrons. The topological polar surface area (TPSA) is 118 Å². The van der Waals surface area contributed by atoms with Gasteiger partial charge in [0.1, 0.15) is 0 Å². The Balaban J connectivity index is 0.000000399. The monoisotopic (exact) mass is 289 g/mol. The van der Waals surface area contributed by atoms with Gasteiger partial charge < -0.3 is 25.2 Å². The molecule has 19 heavy (non-hydrogen) atoms. The quantitative estimate of drug-likeness (QED) is 0.323. The summed E-state index contributed by atoms with van der Waals surface area (Å²) in [7, 11) is 0. The van der Waals surface area contributed by atoms with Crippen LogP contribution in [0.5, 0.6) is 17.2 Å². The van der Waals surface area contributed by atoms with E-state index >= 15 is 0 Å². The van der Waals surface area contributed by atoms with Crippen molar-refractivity contribution in [2.75, 3.05) is 6.79 Å². The van der Waals surface area contributed by atoms with Gasteiger partial charge in [0.2, 0.25) is 12.8 Å². The second-order valence-corrected chi connectivity index (χ2v) is 3.56. The first-order valence-corrected chi connectivity index (χ1v) is 5.31. The fourth-order valence-electron chi connectivity index (χ4n) is 1.08. The molecular formula is C10H12ClN3O5. The molecule has 2 rings (SSSR count). The van der Waals surface area contributed by atoms with E-state index in [1.165, 1.54) is 0 Å². The van der Waals surface area contributed by atoms with Crippen LogP contribution in [-0.4, -0.2) is 28.4 Å². The minimum Gasteiger partial charge on any atom is -0.481 e. The second kappa shape index (κ2) is 6.55. The van der Waals surface area contributed by atoms with E-state index in [-0.39, 0.29) is 6.79 Å². The molecule has 1 heterocycles. The average molecular weight is 290 g/mol. The number of nitrogens with one attached hydrogen (secondary N) is 1. The maximum absolute atomic E-state index is 9.00. The van der Waals surface area contributed by atoms with E-state index in [0.717, 1.165) is 6.92 Å². The third kappa shape index (κ3) is 4.80. The number of carbonyl (C=O) groups is 1. The van der Waals surface area contributed by atoms with Gasteiger partial charge in [-0.3, -0.25) is 10.2 Å². The summed E-state index contributed by atoms with van der Waals surface area (Å²) < 4.78 is 10.9. The van der Waals surface area contributed by atoms with E-state index < -0.39 is 11.9 Å². The molecule has 9 heteroatoms. The first-order chi connectivity index (χ1) is 8.90. The predicted octanol–water partition coefficient (Wildman–Crippen LogP) is 1.15. The Bertz CT molecular complexity index is 478. The summed E-state index contributed by atoms with van der Waals surface area (Å²) >= 11 is 5.49. The van der Waals surface area contributed by atoms with Gasteiger partial charge in [-0.1, -0.05) is 4.58 Å². The van der Waals surface area contributed by atoms with E-state index in [9.17, 15) is 0 Å². The van der Waals surface area contributed by atoms with Crippen molar-refractivity contribution in [3.05, 3.63) is 18.2 Å². The number of fused-ring (bicyclic) bond motifs is 1. The predicted molar refractivity (Wildman–Crippen MR) is 66.1 cm³/mol. The highest BCUT2D eigenvalue weighted by molar-refractivity contribution is 6.20. The average Bonchev–Trinajstić information content (AvgIpc) is 2.75. The van der Waals surface area contributed by atoms with Crippen LogP contribution >= 0.6 is 11.8 Å². The van der Waals surface area contributed by atoms with Gasteiger partial charge in [0.05, 0.1) is 11.8 Å². The number of aliphatic carboxylic acids is 1. The Kier molecular flexibility index (Phi) is 5.07. The zero-order valence-corrected chi connectivity index (χ0v) is 10.7. The van der Waals surface area contributed by atoms with E-state index in [0.29, 0.717) is 21.8 Å². The zero-order chi connectivity index (χ0) is 14.4. The van der Waals surface area contributed by atoms with E-state index in [4.69, 9.17) is 47.1 Å². The Labute approximate surface area is 113 Å². The van der Waals surface area contributed by atoms with Gasteiger partial charge in [0.25, 0.3) is 5.97 Å². The summed E-state index contributed by atoms with van der Waals surface area (Å²) in [5, 5.41) is 14.4. The molecule has 0 aliphatic carbocycles. The standard InChI is InChI=1S/C8H8ClN3O3.C2H4O2/c9-12(8(10)11)15-5-1-2-6-7(3-5)14-4-13-6;1-2(3)4/h1-3H,4H2,(H3,10,11);1H3,(H,3,4). The van der Waals surface area contributed by atoms with Crippen LogP contribution in [0, 0.1) is 5.41 Å². The van der Waals surface area contributed by atoms with Crippen LogP contribution in [0.2, 0.25) is 0 Å². The third-order valence-electron chi connectivity index (χ3n) is 1.72. The van der Waals surface area contributed by atoms with E-state index in [1.807, 2.05) is 0 Å².